The van der Waals surface area contributed by atoms with Gasteiger partial charge in [0.15, 0.2) is 0 Å². The third-order valence-corrected chi connectivity index (χ3v) is 3.29. The summed E-state index contributed by atoms with van der Waals surface area (Å²) in [5.41, 5.74) is 1.34. The Labute approximate surface area is 103 Å². The number of rotatable bonds is 4. The topological polar surface area (TPSA) is 35.8 Å². The van der Waals surface area contributed by atoms with Crippen LogP contribution in [0.3, 0.4) is 0 Å². The smallest absolute Gasteiger partial charge is 0.127 e. The molecule has 0 radical (unpaired) electrons. The summed E-state index contributed by atoms with van der Waals surface area (Å²) in [6, 6.07) is 10.6. The number of benzene rings is 1. The van der Waals surface area contributed by atoms with Crippen LogP contribution in [0.5, 0.6) is 0 Å². The maximum Gasteiger partial charge on any atom is 0.127 e. The van der Waals surface area contributed by atoms with Gasteiger partial charge in [-0.2, -0.15) is 5.26 Å². The molecular weight excluding hydrogens is 235 g/mol. The Morgan fingerprint density at radius 3 is 2.82 bits per heavy atom. The van der Waals surface area contributed by atoms with E-state index in [-0.39, 0.29) is 5.82 Å². The SMILES string of the molecule is N#Cc1csc(CNCc2ccccc2F)c1. The first-order valence-electron chi connectivity index (χ1n) is 5.21. The third kappa shape index (κ3) is 3.13. The Bertz CT molecular complexity index is 542. The number of hydrogen-bond acceptors (Lipinski definition) is 3. The van der Waals surface area contributed by atoms with Crippen LogP contribution in [0.1, 0.15) is 16.0 Å². The highest BCUT2D eigenvalue weighted by molar-refractivity contribution is 7.10. The molecule has 2 nitrogen and oxygen atoms in total. The van der Waals surface area contributed by atoms with Crippen LogP contribution < -0.4 is 5.32 Å². The number of halogens is 1. The van der Waals surface area contributed by atoms with Crippen molar-refractivity contribution in [2.24, 2.45) is 0 Å². The molecule has 0 atom stereocenters. The molecule has 1 N–H and O–H groups in total. The molecule has 0 bridgehead atoms. The molecule has 17 heavy (non-hydrogen) atoms. The first kappa shape index (κ1) is 11.8. The lowest BCUT2D eigenvalue weighted by molar-refractivity contribution is 0.589. The van der Waals surface area contributed by atoms with E-state index in [1.807, 2.05) is 17.5 Å². The number of hydrogen-bond donors (Lipinski definition) is 1. The Balaban J connectivity index is 1.88. The van der Waals surface area contributed by atoms with E-state index in [1.54, 1.807) is 12.1 Å². The summed E-state index contributed by atoms with van der Waals surface area (Å²) < 4.78 is 13.3. The standard InChI is InChI=1S/C13H11FN2S/c14-13-4-2-1-3-11(13)7-16-8-12-5-10(6-15)9-17-12/h1-5,9,16H,7-8H2. The minimum absolute atomic E-state index is 0.191. The van der Waals surface area contributed by atoms with Gasteiger partial charge in [0.05, 0.1) is 5.56 Å². The lowest BCUT2D eigenvalue weighted by atomic mass is 10.2. The molecule has 2 rings (SSSR count). The van der Waals surface area contributed by atoms with Crippen molar-refractivity contribution in [3.63, 3.8) is 0 Å². The fourth-order valence-corrected chi connectivity index (χ4v) is 2.27. The Morgan fingerprint density at radius 2 is 2.12 bits per heavy atom. The van der Waals surface area contributed by atoms with Crippen molar-refractivity contribution >= 4 is 11.3 Å². The Hall–Kier alpha value is -1.70. The molecule has 0 aliphatic carbocycles. The monoisotopic (exact) mass is 246 g/mol. The van der Waals surface area contributed by atoms with Crippen LogP contribution in [-0.2, 0) is 13.1 Å². The van der Waals surface area contributed by atoms with Crippen LogP contribution in [0.15, 0.2) is 35.7 Å². The zero-order valence-electron chi connectivity index (χ0n) is 9.11. The predicted octanol–water partition coefficient (Wildman–Crippen LogP) is 3.05. The van der Waals surface area contributed by atoms with Crippen LogP contribution in [-0.4, -0.2) is 0 Å². The molecule has 0 aliphatic heterocycles. The summed E-state index contributed by atoms with van der Waals surface area (Å²) in [5, 5.41) is 13.7. The minimum atomic E-state index is -0.191. The van der Waals surface area contributed by atoms with E-state index in [0.29, 0.717) is 24.2 Å². The molecular formula is C13H11FN2S. The molecule has 0 saturated heterocycles. The second-order valence-electron chi connectivity index (χ2n) is 3.61. The average Bonchev–Trinajstić information content (AvgIpc) is 2.80. The maximum atomic E-state index is 13.3. The molecule has 1 aromatic carbocycles. The first-order chi connectivity index (χ1) is 8.29. The van der Waals surface area contributed by atoms with Crippen LogP contribution in [0.25, 0.3) is 0 Å². The second-order valence-corrected chi connectivity index (χ2v) is 4.60. The maximum absolute atomic E-state index is 13.3. The molecule has 1 heterocycles. The first-order valence-corrected chi connectivity index (χ1v) is 6.09. The molecule has 1 aromatic heterocycles. The molecule has 0 unspecified atom stereocenters. The van der Waals surface area contributed by atoms with Crippen LogP contribution >= 0.6 is 11.3 Å². The summed E-state index contributed by atoms with van der Waals surface area (Å²) in [7, 11) is 0. The van der Waals surface area contributed by atoms with E-state index < -0.39 is 0 Å². The molecule has 0 spiro atoms. The van der Waals surface area contributed by atoms with Crippen molar-refractivity contribution in [2.75, 3.05) is 0 Å². The number of nitriles is 1. The summed E-state index contributed by atoms with van der Waals surface area (Å²) >= 11 is 1.53. The van der Waals surface area contributed by atoms with Gasteiger partial charge in [0.25, 0.3) is 0 Å². The molecule has 0 aliphatic rings. The van der Waals surface area contributed by atoms with Crippen LogP contribution in [0.2, 0.25) is 0 Å². The van der Waals surface area contributed by atoms with Crippen molar-refractivity contribution in [1.82, 2.24) is 5.32 Å². The van der Waals surface area contributed by atoms with Crippen molar-refractivity contribution < 1.29 is 4.39 Å². The zero-order valence-corrected chi connectivity index (χ0v) is 9.93. The van der Waals surface area contributed by atoms with Crippen molar-refractivity contribution in [1.29, 1.82) is 5.26 Å². The number of nitrogens with zero attached hydrogens (tertiary/aromatic N) is 1. The van der Waals surface area contributed by atoms with Gasteiger partial charge in [0.2, 0.25) is 0 Å². The minimum Gasteiger partial charge on any atom is -0.308 e. The van der Waals surface area contributed by atoms with Crippen molar-refractivity contribution in [2.45, 2.75) is 13.1 Å². The van der Waals surface area contributed by atoms with E-state index in [2.05, 4.69) is 11.4 Å². The Morgan fingerprint density at radius 1 is 1.29 bits per heavy atom. The van der Waals surface area contributed by atoms with E-state index in [9.17, 15) is 4.39 Å². The highest BCUT2D eigenvalue weighted by Gasteiger charge is 2.01. The molecule has 4 heteroatoms. The average molecular weight is 246 g/mol. The third-order valence-electron chi connectivity index (χ3n) is 2.36. The summed E-state index contributed by atoms with van der Waals surface area (Å²) in [4.78, 5) is 1.08. The van der Waals surface area contributed by atoms with Gasteiger partial charge < -0.3 is 5.32 Å². The van der Waals surface area contributed by atoms with Gasteiger partial charge in [-0.15, -0.1) is 11.3 Å². The van der Waals surface area contributed by atoms with Gasteiger partial charge in [-0.3, -0.25) is 0 Å². The molecule has 0 fully saturated rings. The van der Waals surface area contributed by atoms with Crippen molar-refractivity contribution in [3.8, 4) is 6.07 Å². The fraction of sp³-hybridized carbons (Fsp3) is 0.154. The van der Waals surface area contributed by atoms with Gasteiger partial charge in [-0.1, -0.05) is 18.2 Å². The number of nitrogens with one attached hydrogen (secondary N) is 1. The highest BCUT2D eigenvalue weighted by Crippen LogP contribution is 2.13. The van der Waals surface area contributed by atoms with Gasteiger partial charge in [0.1, 0.15) is 11.9 Å². The fourth-order valence-electron chi connectivity index (χ4n) is 1.49. The zero-order chi connectivity index (χ0) is 12.1. The van der Waals surface area contributed by atoms with E-state index in [1.165, 1.54) is 17.4 Å². The summed E-state index contributed by atoms with van der Waals surface area (Å²) in [5.74, 6) is -0.191. The lowest BCUT2D eigenvalue weighted by Crippen LogP contribution is -2.12. The molecule has 0 amide bonds. The summed E-state index contributed by atoms with van der Waals surface area (Å²) in [6.07, 6.45) is 0. The van der Waals surface area contributed by atoms with Gasteiger partial charge >= 0.3 is 0 Å². The largest absolute Gasteiger partial charge is 0.308 e. The van der Waals surface area contributed by atoms with E-state index >= 15 is 0 Å². The molecule has 2 aromatic rings. The summed E-state index contributed by atoms with van der Waals surface area (Å²) in [6.45, 7) is 1.15. The van der Waals surface area contributed by atoms with Crippen LogP contribution in [0, 0.1) is 17.1 Å². The number of thiophene rings is 1. The van der Waals surface area contributed by atoms with Crippen LogP contribution in [0.4, 0.5) is 4.39 Å². The molecule has 86 valence electrons. The normalized spacial score (nSPS) is 10.1. The van der Waals surface area contributed by atoms with E-state index in [0.717, 1.165) is 4.88 Å². The second kappa shape index (κ2) is 5.58. The highest BCUT2D eigenvalue weighted by atomic mass is 32.1. The molecule has 0 saturated carbocycles. The quantitative estimate of drug-likeness (QED) is 0.900. The van der Waals surface area contributed by atoms with E-state index in [4.69, 9.17) is 5.26 Å². The van der Waals surface area contributed by atoms with Gasteiger partial charge in [-0.25, -0.2) is 4.39 Å². The van der Waals surface area contributed by atoms with Crippen molar-refractivity contribution in [3.05, 3.63) is 57.5 Å². The Kier molecular flexibility index (Phi) is 3.86. The lowest BCUT2D eigenvalue weighted by Gasteiger charge is -2.04. The predicted molar refractivity (Wildman–Crippen MR) is 66.0 cm³/mol. The van der Waals surface area contributed by atoms with Gasteiger partial charge in [-0.05, 0) is 12.1 Å². The van der Waals surface area contributed by atoms with Gasteiger partial charge in [0, 0.05) is 28.9 Å².